The van der Waals surface area contributed by atoms with E-state index < -0.39 is 11.9 Å². The van der Waals surface area contributed by atoms with Crippen molar-refractivity contribution in [2.75, 3.05) is 13.2 Å². The number of ether oxygens (including phenoxy) is 2. The third kappa shape index (κ3) is 2.50. The van der Waals surface area contributed by atoms with E-state index in [2.05, 4.69) is 9.97 Å². The molecule has 2 aromatic heterocycles. The SMILES string of the molecule is CCOC(=O)c1c2[nH]c3ccccc3c2c(C(=O)OCC)c2[nH]c3ccccc3c12. The maximum Gasteiger partial charge on any atom is 0.340 e. The molecule has 0 saturated heterocycles. The fourth-order valence-electron chi connectivity index (χ4n) is 4.24. The van der Waals surface area contributed by atoms with Crippen molar-refractivity contribution in [3.05, 3.63) is 59.7 Å². The van der Waals surface area contributed by atoms with E-state index in [1.165, 1.54) is 0 Å². The van der Waals surface area contributed by atoms with Gasteiger partial charge in [-0.05, 0) is 26.0 Å². The van der Waals surface area contributed by atoms with Crippen molar-refractivity contribution >= 4 is 55.6 Å². The summed E-state index contributed by atoms with van der Waals surface area (Å²) in [6.07, 6.45) is 0. The normalized spacial score (nSPS) is 11.5. The predicted octanol–water partition coefficient (Wildman–Crippen LogP) is 5.31. The zero-order valence-corrected chi connectivity index (χ0v) is 16.7. The average molecular weight is 400 g/mol. The summed E-state index contributed by atoms with van der Waals surface area (Å²) in [5.74, 6) is -0.863. The van der Waals surface area contributed by atoms with Crippen LogP contribution in [0.25, 0.3) is 43.6 Å². The predicted molar refractivity (Wildman–Crippen MR) is 117 cm³/mol. The zero-order chi connectivity index (χ0) is 20.8. The number of rotatable bonds is 4. The molecule has 150 valence electrons. The van der Waals surface area contributed by atoms with Crippen LogP contribution in [0.1, 0.15) is 34.6 Å². The number of fused-ring (bicyclic) bond motifs is 6. The number of benzene rings is 3. The van der Waals surface area contributed by atoms with Crippen LogP contribution >= 0.6 is 0 Å². The van der Waals surface area contributed by atoms with Crippen molar-refractivity contribution < 1.29 is 19.1 Å². The lowest BCUT2D eigenvalue weighted by molar-refractivity contribution is 0.0518. The highest BCUT2D eigenvalue weighted by Crippen LogP contribution is 2.40. The summed E-state index contributed by atoms with van der Waals surface area (Å²) in [6, 6.07) is 15.3. The lowest BCUT2D eigenvalue weighted by Crippen LogP contribution is -2.10. The highest BCUT2D eigenvalue weighted by molar-refractivity contribution is 6.32. The van der Waals surface area contributed by atoms with Gasteiger partial charge in [0.15, 0.2) is 0 Å². The first-order valence-corrected chi connectivity index (χ1v) is 9.96. The Bertz CT molecular complexity index is 1350. The van der Waals surface area contributed by atoms with Crippen molar-refractivity contribution in [3.8, 4) is 0 Å². The molecule has 0 atom stereocenters. The van der Waals surface area contributed by atoms with Crippen molar-refractivity contribution in [3.63, 3.8) is 0 Å². The van der Waals surface area contributed by atoms with E-state index in [0.29, 0.717) is 32.9 Å². The number of aromatic amines is 2. The van der Waals surface area contributed by atoms with Crippen molar-refractivity contribution in [1.82, 2.24) is 9.97 Å². The maximum atomic E-state index is 13.1. The molecule has 0 saturated carbocycles. The van der Waals surface area contributed by atoms with Crippen molar-refractivity contribution in [1.29, 1.82) is 0 Å². The molecule has 0 bridgehead atoms. The highest BCUT2D eigenvalue weighted by atomic mass is 16.5. The van der Waals surface area contributed by atoms with Crippen molar-refractivity contribution in [2.45, 2.75) is 13.8 Å². The standard InChI is InChI=1S/C24H20N2O4/c1-3-29-23(27)19-17-13-9-5-7-11-15(13)26-22(17)20(24(28)30-4-2)18-14-10-6-8-12-16(14)25-21(18)19/h5-12,25-26H,3-4H2,1-2H3. The Morgan fingerprint density at radius 2 is 1.10 bits per heavy atom. The third-order valence-corrected chi connectivity index (χ3v) is 5.37. The molecule has 30 heavy (non-hydrogen) atoms. The van der Waals surface area contributed by atoms with Gasteiger partial charge < -0.3 is 19.4 Å². The van der Waals surface area contributed by atoms with Crippen LogP contribution in [0, 0.1) is 0 Å². The Kier molecular flexibility index (Phi) is 4.20. The van der Waals surface area contributed by atoms with Gasteiger partial charge in [-0.1, -0.05) is 36.4 Å². The Labute approximate surface area is 171 Å². The summed E-state index contributed by atoms with van der Waals surface area (Å²) in [4.78, 5) is 32.9. The molecule has 0 unspecified atom stereocenters. The lowest BCUT2D eigenvalue weighted by Gasteiger charge is -2.11. The zero-order valence-electron chi connectivity index (χ0n) is 16.7. The summed E-state index contributed by atoms with van der Waals surface area (Å²) < 4.78 is 10.8. The van der Waals surface area contributed by atoms with E-state index in [9.17, 15) is 9.59 Å². The average Bonchev–Trinajstić information content (AvgIpc) is 3.31. The molecule has 2 heterocycles. The first kappa shape index (κ1) is 18.2. The summed E-state index contributed by atoms with van der Waals surface area (Å²) in [5, 5.41) is 3.01. The number of esters is 2. The Morgan fingerprint density at radius 1 is 0.700 bits per heavy atom. The molecular formula is C24H20N2O4. The van der Waals surface area contributed by atoms with E-state index in [1.54, 1.807) is 13.8 Å². The van der Waals surface area contributed by atoms with Crippen LogP contribution in [-0.2, 0) is 9.47 Å². The minimum Gasteiger partial charge on any atom is -0.462 e. The molecule has 0 radical (unpaired) electrons. The number of aromatic nitrogens is 2. The summed E-state index contributed by atoms with van der Waals surface area (Å²) >= 11 is 0. The van der Waals surface area contributed by atoms with Crippen LogP contribution in [0.2, 0.25) is 0 Å². The van der Waals surface area contributed by atoms with Crippen molar-refractivity contribution in [2.24, 2.45) is 0 Å². The second kappa shape index (κ2) is 6.91. The topological polar surface area (TPSA) is 84.2 Å². The van der Waals surface area contributed by atoms with Gasteiger partial charge >= 0.3 is 11.9 Å². The van der Waals surface area contributed by atoms with Gasteiger partial charge in [0, 0.05) is 32.6 Å². The lowest BCUT2D eigenvalue weighted by atomic mass is 9.96. The molecule has 0 amide bonds. The second-order valence-electron chi connectivity index (χ2n) is 7.03. The fourth-order valence-corrected chi connectivity index (χ4v) is 4.24. The highest BCUT2D eigenvalue weighted by Gasteiger charge is 2.29. The van der Waals surface area contributed by atoms with E-state index in [0.717, 1.165) is 21.8 Å². The van der Waals surface area contributed by atoms with Gasteiger partial charge in [-0.15, -0.1) is 0 Å². The number of carbonyl (C=O) groups is 2. The maximum absolute atomic E-state index is 13.1. The van der Waals surface area contributed by atoms with Crippen LogP contribution in [0.3, 0.4) is 0 Å². The number of carbonyl (C=O) groups excluding carboxylic acids is 2. The van der Waals surface area contributed by atoms with Gasteiger partial charge in [-0.2, -0.15) is 0 Å². The molecular weight excluding hydrogens is 380 g/mol. The molecule has 5 rings (SSSR count). The van der Waals surface area contributed by atoms with Gasteiger partial charge in [-0.3, -0.25) is 0 Å². The first-order valence-electron chi connectivity index (χ1n) is 9.96. The van der Waals surface area contributed by atoms with E-state index >= 15 is 0 Å². The van der Waals surface area contributed by atoms with Crippen LogP contribution in [0.4, 0.5) is 0 Å². The quantitative estimate of drug-likeness (QED) is 0.401. The molecule has 2 N–H and O–H groups in total. The van der Waals surface area contributed by atoms with E-state index in [4.69, 9.17) is 9.47 Å². The smallest absolute Gasteiger partial charge is 0.340 e. The molecule has 0 spiro atoms. The summed E-state index contributed by atoms with van der Waals surface area (Å²) in [7, 11) is 0. The number of para-hydroxylation sites is 2. The van der Waals surface area contributed by atoms with Crippen LogP contribution in [0.5, 0.6) is 0 Å². The number of H-pyrrole nitrogens is 2. The van der Waals surface area contributed by atoms with Crippen LogP contribution < -0.4 is 0 Å². The minimum atomic E-state index is -0.431. The first-order chi connectivity index (χ1) is 14.7. The molecule has 6 nitrogen and oxygen atoms in total. The van der Waals surface area contributed by atoms with E-state index in [-0.39, 0.29) is 13.2 Å². The van der Waals surface area contributed by atoms with Crippen LogP contribution in [-0.4, -0.2) is 35.1 Å². The number of hydrogen-bond donors (Lipinski definition) is 2. The Balaban J connectivity index is 2.08. The van der Waals surface area contributed by atoms with Gasteiger partial charge in [0.2, 0.25) is 0 Å². The van der Waals surface area contributed by atoms with Gasteiger partial charge in [0.1, 0.15) is 0 Å². The fraction of sp³-hybridized carbons (Fsp3) is 0.167. The third-order valence-electron chi connectivity index (χ3n) is 5.37. The molecule has 0 aliphatic heterocycles. The second-order valence-corrected chi connectivity index (χ2v) is 7.03. The summed E-state index contributed by atoms with van der Waals surface area (Å²) in [5.41, 5.74) is 3.66. The number of nitrogens with one attached hydrogen (secondary N) is 2. The number of hydrogen-bond acceptors (Lipinski definition) is 4. The Hall–Kier alpha value is -3.80. The monoisotopic (exact) mass is 400 g/mol. The van der Waals surface area contributed by atoms with Gasteiger partial charge in [0.05, 0.1) is 35.4 Å². The molecule has 0 fully saturated rings. The van der Waals surface area contributed by atoms with Gasteiger partial charge in [0.25, 0.3) is 0 Å². The van der Waals surface area contributed by atoms with E-state index in [1.807, 2.05) is 48.5 Å². The van der Waals surface area contributed by atoms with Crippen LogP contribution in [0.15, 0.2) is 48.5 Å². The van der Waals surface area contributed by atoms with Gasteiger partial charge in [-0.25, -0.2) is 9.59 Å². The summed E-state index contributed by atoms with van der Waals surface area (Å²) in [6.45, 7) is 4.06. The molecule has 5 aromatic rings. The molecule has 0 aliphatic carbocycles. The largest absolute Gasteiger partial charge is 0.462 e. The molecule has 3 aromatic carbocycles. The molecule has 6 heteroatoms. The Morgan fingerprint density at radius 3 is 1.50 bits per heavy atom. The molecule has 0 aliphatic rings. The minimum absolute atomic E-state index is 0.254.